The third-order valence-electron chi connectivity index (χ3n) is 4.90. The molecule has 0 aliphatic rings. The van der Waals surface area contributed by atoms with E-state index in [-0.39, 0.29) is 34.1 Å². The van der Waals surface area contributed by atoms with Gasteiger partial charge in [-0.15, -0.1) is 0 Å². The number of hydrogen-bond donors (Lipinski definition) is 2. The predicted molar refractivity (Wildman–Crippen MR) is 116 cm³/mol. The Balaban J connectivity index is 1.61. The molecule has 0 atom stereocenters. The SMILES string of the molecule is Cc1cc(NC(=O)c2ccccc2F)n(-c2nc3c(cnn3-c3ccccc3F)c(=O)[nH]2)n1. The van der Waals surface area contributed by atoms with Crippen LogP contribution in [0, 0.1) is 18.6 Å². The van der Waals surface area contributed by atoms with Gasteiger partial charge in [0.2, 0.25) is 5.95 Å². The fourth-order valence-electron chi connectivity index (χ4n) is 3.39. The number of carbonyl (C=O) groups is 1. The zero-order valence-electron chi connectivity index (χ0n) is 17.1. The molecule has 0 bridgehead atoms. The van der Waals surface area contributed by atoms with Gasteiger partial charge in [0.15, 0.2) is 5.65 Å². The lowest BCUT2D eigenvalue weighted by Gasteiger charge is -2.09. The van der Waals surface area contributed by atoms with Crippen LogP contribution in [0.15, 0.2) is 65.6 Å². The zero-order chi connectivity index (χ0) is 23.1. The minimum absolute atomic E-state index is 0.0393. The third-order valence-corrected chi connectivity index (χ3v) is 4.90. The lowest BCUT2D eigenvalue weighted by atomic mass is 10.2. The maximum Gasteiger partial charge on any atom is 0.263 e. The molecule has 164 valence electrons. The van der Waals surface area contributed by atoms with Crippen LogP contribution in [0.4, 0.5) is 14.6 Å². The largest absolute Gasteiger partial charge is 0.306 e. The summed E-state index contributed by atoms with van der Waals surface area (Å²) in [7, 11) is 0. The fourth-order valence-corrected chi connectivity index (χ4v) is 3.39. The van der Waals surface area contributed by atoms with Crippen LogP contribution in [0.3, 0.4) is 0 Å². The average molecular weight is 447 g/mol. The number of aryl methyl sites for hydroxylation is 1. The van der Waals surface area contributed by atoms with E-state index < -0.39 is 23.1 Å². The Labute approximate surface area is 184 Å². The van der Waals surface area contributed by atoms with Crippen molar-refractivity contribution >= 4 is 22.8 Å². The van der Waals surface area contributed by atoms with Crippen LogP contribution < -0.4 is 10.9 Å². The number of aromatic amines is 1. The van der Waals surface area contributed by atoms with E-state index in [1.165, 1.54) is 64.1 Å². The molecule has 33 heavy (non-hydrogen) atoms. The second-order valence-corrected chi connectivity index (χ2v) is 7.15. The Bertz CT molecular complexity index is 1590. The molecule has 0 saturated carbocycles. The molecule has 1 amide bonds. The van der Waals surface area contributed by atoms with Crippen LogP contribution in [0.1, 0.15) is 16.1 Å². The number of rotatable bonds is 4. The van der Waals surface area contributed by atoms with Crippen molar-refractivity contribution in [1.29, 1.82) is 0 Å². The molecule has 2 aromatic carbocycles. The van der Waals surface area contributed by atoms with E-state index in [4.69, 9.17) is 0 Å². The van der Waals surface area contributed by atoms with Crippen molar-refractivity contribution in [3.8, 4) is 11.6 Å². The molecule has 0 fully saturated rings. The molecule has 5 aromatic rings. The Morgan fingerprint density at radius 3 is 2.52 bits per heavy atom. The first kappa shape index (κ1) is 20.2. The average Bonchev–Trinajstić information content (AvgIpc) is 3.38. The smallest absolute Gasteiger partial charge is 0.263 e. The van der Waals surface area contributed by atoms with Crippen LogP contribution in [-0.2, 0) is 0 Å². The maximum absolute atomic E-state index is 14.3. The van der Waals surface area contributed by atoms with Crippen molar-refractivity contribution < 1.29 is 13.6 Å². The molecule has 9 nitrogen and oxygen atoms in total. The van der Waals surface area contributed by atoms with Gasteiger partial charge in [-0.3, -0.25) is 14.6 Å². The Kier molecular flexibility index (Phi) is 4.78. The third kappa shape index (κ3) is 3.55. The minimum Gasteiger partial charge on any atom is -0.306 e. The van der Waals surface area contributed by atoms with Crippen molar-refractivity contribution in [3.05, 3.63) is 94.0 Å². The second kappa shape index (κ2) is 7.79. The molecule has 0 unspecified atom stereocenters. The number of halogens is 2. The summed E-state index contributed by atoms with van der Waals surface area (Å²) in [5.41, 5.74) is 0.0263. The summed E-state index contributed by atoms with van der Waals surface area (Å²) in [5.74, 6) is -1.81. The number of H-pyrrole nitrogens is 1. The monoisotopic (exact) mass is 447 g/mol. The highest BCUT2D eigenvalue weighted by Crippen LogP contribution is 2.20. The van der Waals surface area contributed by atoms with E-state index in [0.717, 1.165) is 0 Å². The van der Waals surface area contributed by atoms with Gasteiger partial charge in [0.25, 0.3) is 11.5 Å². The Morgan fingerprint density at radius 1 is 1.03 bits per heavy atom. The quantitative estimate of drug-likeness (QED) is 0.440. The number of benzene rings is 2. The van der Waals surface area contributed by atoms with Crippen molar-refractivity contribution in [1.82, 2.24) is 29.5 Å². The number of carbonyl (C=O) groups excluding carboxylic acids is 1. The molecule has 2 N–H and O–H groups in total. The summed E-state index contributed by atoms with van der Waals surface area (Å²) in [6, 6.07) is 13.0. The van der Waals surface area contributed by atoms with Crippen LogP contribution in [0.5, 0.6) is 0 Å². The van der Waals surface area contributed by atoms with Gasteiger partial charge in [-0.1, -0.05) is 24.3 Å². The molecule has 3 heterocycles. The number of nitrogens with zero attached hydrogens (tertiary/aromatic N) is 5. The van der Waals surface area contributed by atoms with E-state index in [0.29, 0.717) is 5.69 Å². The fraction of sp³-hybridized carbons (Fsp3) is 0.0455. The number of anilines is 1. The highest BCUT2D eigenvalue weighted by atomic mass is 19.1. The zero-order valence-corrected chi connectivity index (χ0v) is 17.1. The lowest BCUT2D eigenvalue weighted by Crippen LogP contribution is -2.19. The molecule has 3 aromatic heterocycles. The van der Waals surface area contributed by atoms with E-state index in [9.17, 15) is 18.4 Å². The van der Waals surface area contributed by atoms with Gasteiger partial charge in [-0.05, 0) is 31.2 Å². The number of nitrogens with one attached hydrogen (secondary N) is 2. The van der Waals surface area contributed by atoms with Crippen molar-refractivity contribution in [2.75, 3.05) is 5.32 Å². The summed E-state index contributed by atoms with van der Waals surface area (Å²) in [6.07, 6.45) is 1.28. The van der Waals surface area contributed by atoms with Crippen molar-refractivity contribution in [2.24, 2.45) is 0 Å². The Morgan fingerprint density at radius 2 is 1.76 bits per heavy atom. The molecule has 5 rings (SSSR count). The van der Waals surface area contributed by atoms with E-state index in [1.807, 2.05) is 0 Å². The normalized spacial score (nSPS) is 11.1. The van der Waals surface area contributed by atoms with Crippen LogP contribution >= 0.6 is 0 Å². The molecule has 0 radical (unpaired) electrons. The molecule has 0 spiro atoms. The van der Waals surface area contributed by atoms with E-state index in [1.54, 1.807) is 13.0 Å². The van der Waals surface area contributed by atoms with Crippen LogP contribution in [0.2, 0.25) is 0 Å². The number of para-hydroxylation sites is 1. The van der Waals surface area contributed by atoms with Gasteiger partial charge in [0, 0.05) is 6.07 Å². The standard InChI is InChI=1S/C22H15F2N7O2/c1-12-10-18(26-20(32)13-6-2-3-7-15(13)23)31(29-12)22-27-19-14(21(33)28-22)11-25-30(19)17-9-5-4-8-16(17)24/h2-11H,1H3,(H,26,32)(H,27,28,33). The first-order valence-electron chi connectivity index (χ1n) is 9.78. The topological polar surface area (TPSA) is 110 Å². The highest BCUT2D eigenvalue weighted by molar-refractivity contribution is 6.04. The first-order chi connectivity index (χ1) is 15.9. The van der Waals surface area contributed by atoms with Crippen molar-refractivity contribution in [3.63, 3.8) is 0 Å². The highest BCUT2D eigenvalue weighted by Gasteiger charge is 2.19. The summed E-state index contributed by atoms with van der Waals surface area (Å²) in [4.78, 5) is 32.3. The summed E-state index contributed by atoms with van der Waals surface area (Å²) in [5, 5.41) is 11.1. The van der Waals surface area contributed by atoms with Gasteiger partial charge in [-0.25, -0.2) is 13.5 Å². The van der Waals surface area contributed by atoms with Crippen molar-refractivity contribution in [2.45, 2.75) is 6.92 Å². The van der Waals surface area contributed by atoms with Gasteiger partial charge >= 0.3 is 0 Å². The predicted octanol–water partition coefficient (Wildman–Crippen LogP) is 3.13. The van der Waals surface area contributed by atoms with Gasteiger partial charge in [0.1, 0.15) is 28.5 Å². The maximum atomic E-state index is 14.3. The van der Waals surface area contributed by atoms with Crippen LogP contribution in [-0.4, -0.2) is 35.4 Å². The molecule has 0 aliphatic carbocycles. The lowest BCUT2D eigenvalue weighted by molar-refractivity contribution is 0.102. The van der Waals surface area contributed by atoms with Gasteiger partial charge in [-0.2, -0.15) is 19.9 Å². The molecule has 0 aliphatic heterocycles. The van der Waals surface area contributed by atoms with Gasteiger partial charge < -0.3 is 5.32 Å². The summed E-state index contributed by atoms with van der Waals surface area (Å²) < 4.78 is 30.8. The van der Waals surface area contributed by atoms with Crippen LogP contribution in [0.25, 0.3) is 22.7 Å². The Hall–Kier alpha value is -4.67. The molecular weight excluding hydrogens is 432 g/mol. The molecule has 11 heteroatoms. The van der Waals surface area contributed by atoms with Gasteiger partial charge in [0.05, 0.1) is 17.5 Å². The number of fused-ring (bicyclic) bond motifs is 1. The summed E-state index contributed by atoms with van der Waals surface area (Å²) in [6.45, 7) is 1.68. The first-order valence-corrected chi connectivity index (χ1v) is 9.78. The minimum atomic E-state index is -0.700. The summed E-state index contributed by atoms with van der Waals surface area (Å²) >= 11 is 0. The number of aromatic nitrogens is 6. The molecular formula is C22H15F2N7O2. The van der Waals surface area contributed by atoms with E-state index in [2.05, 4.69) is 25.5 Å². The molecule has 0 saturated heterocycles. The number of hydrogen-bond acceptors (Lipinski definition) is 5. The second-order valence-electron chi connectivity index (χ2n) is 7.15. The van der Waals surface area contributed by atoms with E-state index >= 15 is 0 Å². The number of amides is 1.